The minimum atomic E-state index is -0.822. The molecular weight excluding hydrogens is 228 g/mol. The van der Waals surface area contributed by atoms with E-state index in [1.807, 2.05) is 37.3 Å². The Hall–Kier alpha value is -1.55. The van der Waals surface area contributed by atoms with E-state index in [2.05, 4.69) is 10.6 Å². The summed E-state index contributed by atoms with van der Waals surface area (Å²) in [5.74, 6) is -0.116. The van der Waals surface area contributed by atoms with Crippen molar-refractivity contribution in [2.24, 2.45) is 0 Å². The molecule has 3 N–H and O–H groups in total. The van der Waals surface area contributed by atoms with E-state index in [-0.39, 0.29) is 19.0 Å². The SMILES string of the molecule is CCCC(C)(O)CNC(=O)CNc1ccccc1. The van der Waals surface area contributed by atoms with Gasteiger partial charge in [-0.15, -0.1) is 0 Å². The summed E-state index contributed by atoms with van der Waals surface area (Å²) in [7, 11) is 0. The zero-order chi connectivity index (χ0) is 13.4. The lowest BCUT2D eigenvalue weighted by atomic mass is 10.0. The van der Waals surface area contributed by atoms with Gasteiger partial charge in [0.1, 0.15) is 0 Å². The highest BCUT2D eigenvalue weighted by Gasteiger charge is 2.19. The molecule has 0 heterocycles. The normalized spacial score (nSPS) is 13.7. The fraction of sp³-hybridized carbons (Fsp3) is 0.500. The third-order valence-corrected chi connectivity index (χ3v) is 2.68. The minimum absolute atomic E-state index is 0.116. The van der Waals surface area contributed by atoms with Crippen LogP contribution in [0.5, 0.6) is 0 Å². The summed E-state index contributed by atoms with van der Waals surface area (Å²) in [6.07, 6.45) is 1.57. The zero-order valence-electron chi connectivity index (χ0n) is 11.1. The van der Waals surface area contributed by atoms with E-state index in [0.717, 1.165) is 12.1 Å². The first-order chi connectivity index (χ1) is 8.53. The molecular formula is C14H22N2O2. The smallest absolute Gasteiger partial charge is 0.239 e. The number of rotatable bonds is 7. The topological polar surface area (TPSA) is 61.4 Å². The molecule has 1 aromatic rings. The van der Waals surface area contributed by atoms with E-state index < -0.39 is 5.60 Å². The molecule has 18 heavy (non-hydrogen) atoms. The summed E-state index contributed by atoms with van der Waals surface area (Å²) in [5, 5.41) is 15.7. The molecule has 0 aliphatic carbocycles. The summed E-state index contributed by atoms with van der Waals surface area (Å²) in [4.78, 5) is 11.6. The zero-order valence-corrected chi connectivity index (χ0v) is 11.1. The van der Waals surface area contributed by atoms with Crippen LogP contribution in [0, 0.1) is 0 Å². The molecule has 1 rings (SSSR count). The predicted molar refractivity (Wildman–Crippen MR) is 73.5 cm³/mol. The van der Waals surface area contributed by atoms with Crippen LogP contribution >= 0.6 is 0 Å². The summed E-state index contributed by atoms with van der Waals surface area (Å²) in [6.45, 7) is 4.25. The van der Waals surface area contributed by atoms with Crippen molar-refractivity contribution in [3.8, 4) is 0 Å². The number of carbonyl (C=O) groups is 1. The Labute approximate surface area is 108 Å². The third kappa shape index (κ3) is 5.68. The van der Waals surface area contributed by atoms with Gasteiger partial charge in [-0.1, -0.05) is 31.5 Å². The van der Waals surface area contributed by atoms with Gasteiger partial charge in [0, 0.05) is 12.2 Å². The highest BCUT2D eigenvalue weighted by atomic mass is 16.3. The number of carbonyl (C=O) groups excluding carboxylic acids is 1. The van der Waals surface area contributed by atoms with Crippen LogP contribution in [0.25, 0.3) is 0 Å². The van der Waals surface area contributed by atoms with Gasteiger partial charge in [0.15, 0.2) is 0 Å². The van der Waals surface area contributed by atoms with Crippen LogP contribution in [0.2, 0.25) is 0 Å². The van der Waals surface area contributed by atoms with Crippen molar-refractivity contribution in [1.29, 1.82) is 0 Å². The molecule has 0 bridgehead atoms. The van der Waals surface area contributed by atoms with E-state index in [9.17, 15) is 9.90 Å². The first kappa shape index (κ1) is 14.5. The number of aliphatic hydroxyl groups is 1. The van der Waals surface area contributed by atoms with Crippen LogP contribution in [0.4, 0.5) is 5.69 Å². The molecule has 0 aromatic heterocycles. The number of benzene rings is 1. The molecule has 0 radical (unpaired) electrons. The van der Waals surface area contributed by atoms with Crippen molar-refractivity contribution in [2.75, 3.05) is 18.4 Å². The predicted octanol–water partition coefficient (Wildman–Crippen LogP) is 1.77. The van der Waals surface area contributed by atoms with Gasteiger partial charge in [0.25, 0.3) is 0 Å². The van der Waals surface area contributed by atoms with E-state index >= 15 is 0 Å². The first-order valence-electron chi connectivity index (χ1n) is 6.31. The Morgan fingerprint density at radius 1 is 1.33 bits per heavy atom. The molecule has 100 valence electrons. The average molecular weight is 250 g/mol. The maximum atomic E-state index is 11.6. The number of para-hydroxylation sites is 1. The summed E-state index contributed by atoms with van der Waals surface area (Å²) < 4.78 is 0. The van der Waals surface area contributed by atoms with E-state index in [1.54, 1.807) is 6.92 Å². The van der Waals surface area contributed by atoms with Gasteiger partial charge in [-0.25, -0.2) is 0 Å². The molecule has 0 saturated heterocycles. The monoisotopic (exact) mass is 250 g/mol. The molecule has 0 aliphatic heterocycles. The van der Waals surface area contributed by atoms with Gasteiger partial charge in [0.05, 0.1) is 12.1 Å². The molecule has 0 fully saturated rings. The quantitative estimate of drug-likeness (QED) is 0.691. The van der Waals surface area contributed by atoms with Gasteiger partial charge in [-0.3, -0.25) is 4.79 Å². The van der Waals surface area contributed by atoms with Gasteiger partial charge in [-0.2, -0.15) is 0 Å². The highest BCUT2D eigenvalue weighted by molar-refractivity contribution is 5.80. The number of hydrogen-bond donors (Lipinski definition) is 3. The second-order valence-corrected chi connectivity index (χ2v) is 4.74. The average Bonchev–Trinajstić information content (AvgIpc) is 2.35. The van der Waals surface area contributed by atoms with Crippen LogP contribution in [0.1, 0.15) is 26.7 Å². The first-order valence-corrected chi connectivity index (χ1v) is 6.31. The van der Waals surface area contributed by atoms with Crippen molar-refractivity contribution in [1.82, 2.24) is 5.32 Å². The van der Waals surface area contributed by atoms with Gasteiger partial charge >= 0.3 is 0 Å². The lowest BCUT2D eigenvalue weighted by molar-refractivity contribution is -0.120. The van der Waals surface area contributed by atoms with Crippen molar-refractivity contribution in [3.63, 3.8) is 0 Å². The Kier molecular flexibility index (Phi) is 5.65. The molecule has 0 aliphatic rings. The number of nitrogens with one attached hydrogen (secondary N) is 2. The Balaban J connectivity index is 2.26. The standard InChI is InChI=1S/C14H22N2O2/c1-3-9-14(2,18)11-16-13(17)10-15-12-7-5-4-6-8-12/h4-8,15,18H,3,9-11H2,1-2H3,(H,16,17). The van der Waals surface area contributed by atoms with Crippen LogP contribution in [-0.4, -0.2) is 29.7 Å². The van der Waals surface area contributed by atoms with Crippen LogP contribution in [0.3, 0.4) is 0 Å². The van der Waals surface area contributed by atoms with Crippen molar-refractivity contribution < 1.29 is 9.90 Å². The fourth-order valence-electron chi connectivity index (χ4n) is 1.72. The molecule has 4 nitrogen and oxygen atoms in total. The summed E-state index contributed by atoms with van der Waals surface area (Å²) in [6, 6.07) is 9.55. The van der Waals surface area contributed by atoms with Crippen LogP contribution in [-0.2, 0) is 4.79 Å². The van der Waals surface area contributed by atoms with E-state index in [0.29, 0.717) is 6.42 Å². The number of anilines is 1. The Morgan fingerprint density at radius 3 is 2.61 bits per heavy atom. The molecule has 0 spiro atoms. The summed E-state index contributed by atoms with van der Waals surface area (Å²) in [5.41, 5.74) is 0.0879. The van der Waals surface area contributed by atoms with Crippen molar-refractivity contribution >= 4 is 11.6 Å². The van der Waals surface area contributed by atoms with Crippen LogP contribution in [0.15, 0.2) is 30.3 Å². The maximum absolute atomic E-state index is 11.6. The maximum Gasteiger partial charge on any atom is 0.239 e. The molecule has 4 heteroatoms. The Morgan fingerprint density at radius 2 is 2.00 bits per heavy atom. The number of hydrogen-bond acceptors (Lipinski definition) is 3. The molecule has 1 amide bonds. The summed E-state index contributed by atoms with van der Waals surface area (Å²) >= 11 is 0. The van der Waals surface area contributed by atoms with E-state index in [1.165, 1.54) is 0 Å². The van der Waals surface area contributed by atoms with Gasteiger partial charge in [-0.05, 0) is 25.5 Å². The fourth-order valence-corrected chi connectivity index (χ4v) is 1.72. The molecule has 1 unspecified atom stereocenters. The lowest BCUT2D eigenvalue weighted by Crippen LogP contribution is -2.42. The third-order valence-electron chi connectivity index (χ3n) is 2.68. The molecule has 0 saturated carbocycles. The number of amides is 1. The second-order valence-electron chi connectivity index (χ2n) is 4.74. The molecule has 1 atom stereocenters. The van der Waals surface area contributed by atoms with Crippen LogP contribution < -0.4 is 10.6 Å². The van der Waals surface area contributed by atoms with Gasteiger partial charge in [0.2, 0.25) is 5.91 Å². The largest absolute Gasteiger partial charge is 0.388 e. The van der Waals surface area contributed by atoms with E-state index in [4.69, 9.17) is 0 Å². The second kappa shape index (κ2) is 7.01. The molecule has 1 aromatic carbocycles. The minimum Gasteiger partial charge on any atom is -0.388 e. The Bertz CT molecular complexity index is 363. The lowest BCUT2D eigenvalue weighted by Gasteiger charge is -2.23. The van der Waals surface area contributed by atoms with Crippen molar-refractivity contribution in [3.05, 3.63) is 30.3 Å². The van der Waals surface area contributed by atoms with Crippen molar-refractivity contribution in [2.45, 2.75) is 32.3 Å². The highest BCUT2D eigenvalue weighted by Crippen LogP contribution is 2.09. The van der Waals surface area contributed by atoms with Gasteiger partial charge < -0.3 is 15.7 Å².